The molecule has 0 spiro atoms. The summed E-state index contributed by atoms with van der Waals surface area (Å²) < 4.78 is 12.7. The maximum Gasteiger partial charge on any atom is 0.150 e. The summed E-state index contributed by atoms with van der Waals surface area (Å²) >= 11 is 1.57. The van der Waals surface area contributed by atoms with E-state index in [1.54, 1.807) is 29.5 Å². The number of carbonyl (C=O) groups is 1. The van der Waals surface area contributed by atoms with E-state index in [1.807, 2.05) is 16.8 Å². The highest BCUT2D eigenvalue weighted by Crippen LogP contribution is 2.18. The first-order valence-corrected chi connectivity index (χ1v) is 5.69. The zero-order chi connectivity index (χ0) is 11.4. The molecule has 0 atom stereocenters. The minimum Gasteiger partial charge on any atom is -0.298 e. The maximum absolute atomic E-state index is 12.7. The van der Waals surface area contributed by atoms with Gasteiger partial charge in [0.25, 0.3) is 0 Å². The first kappa shape index (κ1) is 10.8. The molecule has 0 amide bonds. The number of benzene rings is 1. The number of carbonyl (C=O) groups excluding carboxylic acids is 1. The van der Waals surface area contributed by atoms with Gasteiger partial charge in [-0.05, 0) is 46.2 Å². The fourth-order valence-electron chi connectivity index (χ4n) is 1.36. The van der Waals surface area contributed by atoms with E-state index in [9.17, 15) is 9.18 Å². The molecule has 0 aliphatic heterocycles. The van der Waals surface area contributed by atoms with Crippen molar-refractivity contribution in [3.63, 3.8) is 0 Å². The molecule has 3 heteroatoms. The lowest BCUT2D eigenvalue weighted by molar-refractivity contribution is -0.103. The second-order valence-electron chi connectivity index (χ2n) is 3.28. The summed E-state index contributed by atoms with van der Waals surface area (Å²) in [6, 6.07) is 7.82. The van der Waals surface area contributed by atoms with Gasteiger partial charge in [-0.2, -0.15) is 11.3 Å². The second-order valence-corrected chi connectivity index (χ2v) is 4.06. The molecule has 0 aliphatic rings. The Bertz CT molecular complexity index is 497. The third kappa shape index (κ3) is 2.44. The minimum atomic E-state index is -0.301. The van der Waals surface area contributed by atoms with Gasteiger partial charge in [0, 0.05) is 5.57 Å². The quantitative estimate of drug-likeness (QED) is 0.583. The van der Waals surface area contributed by atoms with Gasteiger partial charge in [0.1, 0.15) is 5.82 Å². The summed E-state index contributed by atoms with van der Waals surface area (Å²) in [6.07, 6.45) is 2.57. The molecule has 1 aromatic carbocycles. The zero-order valence-electron chi connectivity index (χ0n) is 8.39. The predicted octanol–water partition coefficient (Wildman–Crippen LogP) is 3.63. The van der Waals surface area contributed by atoms with Crippen molar-refractivity contribution in [2.75, 3.05) is 0 Å². The second kappa shape index (κ2) is 4.86. The Morgan fingerprint density at radius 3 is 2.50 bits per heavy atom. The molecule has 0 N–H and O–H groups in total. The van der Waals surface area contributed by atoms with Gasteiger partial charge in [-0.1, -0.05) is 12.1 Å². The standard InChI is InChI=1S/C13H9FOS/c14-13-3-1-11(2-4-13)12(8-15)7-10-5-6-16-9-10/h1-9H/b12-7+. The van der Waals surface area contributed by atoms with Crippen LogP contribution in [0, 0.1) is 5.82 Å². The van der Waals surface area contributed by atoms with E-state index in [4.69, 9.17) is 0 Å². The van der Waals surface area contributed by atoms with Crippen molar-refractivity contribution in [1.82, 2.24) is 0 Å². The van der Waals surface area contributed by atoms with Gasteiger partial charge in [0.05, 0.1) is 0 Å². The van der Waals surface area contributed by atoms with Crippen molar-refractivity contribution in [2.24, 2.45) is 0 Å². The van der Waals surface area contributed by atoms with E-state index in [0.29, 0.717) is 5.57 Å². The van der Waals surface area contributed by atoms with Crippen LogP contribution < -0.4 is 0 Å². The molecule has 0 aliphatic carbocycles. The third-order valence-corrected chi connectivity index (χ3v) is 2.87. The number of rotatable bonds is 3. The van der Waals surface area contributed by atoms with Gasteiger partial charge in [0.2, 0.25) is 0 Å². The van der Waals surface area contributed by atoms with Crippen molar-refractivity contribution in [3.05, 3.63) is 58.0 Å². The topological polar surface area (TPSA) is 17.1 Å². The summed E-state index contributed by atoms with van der Waals surface area (Å²) in [6.45, 7) is 0. The Labute approximate surface area is 96.9 Å². The van der Waals surface area contributed by atoms with Crippen LogP contribution in [0.2, 0.25) is 0 Å². The summed E-state index contributed by atoms with van der Waals surface area (Å²) in [5.74, 6) is -0.301. The number of hydrogen-bond acceptors (Lipinski definition) is 2. The van der Waals surface area contributed by atoms with Crippen molar-refractivity contribution in [1.29, 1.82) is 0 Å². The summed E-state index contributed by atoms with van der Waals surface area (Å²) in [7, 11) is 0. The largest absolute Gasteiger partial charge is 0.298 e. The molecule has 0 bridgehead atoms. The Morgan fingerprint density at radius 1 is 1.19 bits per heavy atom. The predicted molar refractivity (Wildman–Crippen MR) is 64.7 cm³/mol. The Morgan fingerprint density at radius 2 is 1.94 bits per heavy atom. The molecular weight excluding hydrogens is 223 g/mol. The van der Waals surface area contributed by atoms with Crippen LogP contribution in [0.25, 0.3) is 11.6 Å². The smallest absolute Gasteiger partial charge is 0.150 e. The van der Waals surface area contributed by atoms with Gasteiger partial charge >= 0.3 is 0 Å². The molecule has 16 heavy (non-hydrogen) atoms. The SMILES string of the molecule is O=C/C(=C\c1ccsc1)c1ccc(F)cc1. The number of halogens is 1. The monoisotopic (exact) mass is 232 g/mol. The number of thiophene rings is 1. The van der Waals surface area contributed by atoms with E-state index in [1.165, 1.54) is 12.1 Å². The van der Waals surface area contributed by atoms with Gasteiger partial charge in [-0.25, -0.2) is 4.39 Å². The minimum absolute atomic E-state index is 0.301. The van der Waals surface area contributed by atoms with Gasteiger partial charge in [0.15, 0.2) is 6.29 Å². The first-order valence-electron chi connectivity index (χ1n) is 4.74. The van der Waals surface area contributed by atoms with E-state index < -0.39 is 0 Å². The fraction of sp³-hybridized carbons (Fsp3) is 0. The number of allylic oxidation sites excluding steroid dienone is 1. The van der Waals surface area contributed by atoms with E-state index in [0.717, 1.165) is 17.4 Å². The van der Waals surface area contributed by atoms with Crippen LogP contribution in [0.5, 0.6) is 0 Å². The Hall–Kier alpha value is -1.74. The van der Waals surface area contributed by atoms with E-state index in [2.05, 4.69) is 0 Å². The fourth-order valence-corrected chi connectivity index (χ4v) is 1.98. The molecule has 2 rings (SSSR count). The highest BCUT2D eigenvalue weighted by atomic mass is 32.1. The molecule has 0 radical (unpaired) electrons. The van der Waals surface area contributed by atoms with Crippen LogP contribution in [0.15, 0.2) is 41.1 Å². The normalized spacial score (nSPS) is 11.4. The highest BCUT2D eigenvalue weighted by molar-refractivity contribution is 7.08. The zero-order valence-corrected chi connectivity index (χ0v) is 9.21. The lowest BCUT2D eigenvalue weighted by Gasteiger charge is -1.99. The van der Waals surface area contributed by atoms with Crippen LogP contribution >= 0.6 is 11.3 Å². The van der Waals surface area contributed by atoms with Crippen molar-refractivity contribution in [3.8, 4) is 0 Å². The molecule has 1 aromatic heterocycles. The van der Waals surface area contributed by atoms with Gasteiger partial charge < -0.3 is 0 Å². The molecule has 0 saturated carbocycles. The molecule has 1 heterocycles. The average molecular weight is 232 g/mol. The summed E-state index contributed by atoms with van der Waals surface area (Å²) in [5, 5.41) is 3.89. The lowest BCUT2D eigenvalue weighted by Crippen LogP contribution is -1.86. The highest BCUT2D eigenvalue weighted by Gasteiger charge is 2.01. The summed E-state index contributed by atoms with van der Waals surface area (Å²) in [5.41, 5.74) is 2.26. The van der Waals surface area contributed by atoms with Crippen LogP contribution in [-0.2, 0) is 4.79 Å². The summed E-state index contributed by atoms with van der Waals surface area (Å²) in [4.78, 5) is 11.0. The van der Waals surface area contributed by atoms with Crippen LogP contribution in [-0.4, -0.2) is 6.29 Å². The van der Waals surface area contributed by atoms with Crippen molar-refractivity contribution in [2.45, 2.75) is 0 Å². The van der Waals surface area contributed by atoms with Crippen LogP contribution in [0.4, 0.5) is 4.39 Å². The Kier molecular flexibility index (Phi) is 3.27. The third-order valence-electron chi connectivity index (χ3n) is 2.17. The van der Waals surface area contributed by atoms with Crippen LogP contribution in [0.3, 0.4) is 0 Å². The van der Waals surface area contributed by atoms with Crippen molar-refractivity contribution >= 4 is 29.3 Å². The van der Waals surface area contributed by atoms with E-state index in [-0.39, 0.29) is 5.82 Å². The van der Waals surface area contributed by atoms with Gasteiger partial charge in [-0.15, -0.1) is 0 Å². The molecule has 80 valence electrons. The molecular formula is C13H9FOS. The van der Waals surface area contributed by atoms with Crippen LogP contribution in [0.1, 0.15) is 11.1 Å². The Balaban J connectivity index is 2.36. The van der Waals surface area contributed by atoms with E-state index >= 15 is 0 Å². The molecule has 2 aromatic rings. The maximum atomic E-state index is 12.7. The molecule has 1 nitrogen and oxygen atoms in total. The first-order chi connectivity index (χ1) is 7.79. The molecule has 0 fully saturated rings. The molecule has 0 unspecified atom stereocenters. The number of aldehydes is 1. The lowest BCUT2D eigenvalue weighted by atomic mass is 10.1. The average Bonchev–Trinajstić information content (AvgIpc) is 2.80. The van der Waals surface area contributed by atoms with Gasteiger partial charge in [-0.3, -0.25) is 4.79 Å². The number of hydrogen-bond donors (Lipinski definition) is 0. The van der Waals surface area contributed by atoms with Crippen molar-refractivity contribution < 1.29 is 9.18 Å². The molecule has 0 saturated heterocycles.